The van der Waals surface area contributed by atoms with Gasteiger partial charge in [0.2, 0.25) is 0 Å². The molecule has 0 aromatic carbocycles. The van der Waals surface area contributed by atoms with Gasteiger partial charge in [-0.2, -0.15) is 0 Å². The van der Waals surface area contributed by atoms with Crippen LogP contribution in [0.5, 0.6) is 0 Å². The molecular formula is C12H22O3. The lowest BCUT2D eigenvalue weighted by Crippen LogP contribution is -2.27. The summed E-state index contributed by atoms with van der Waals surface area (Å²) in [6.45, 7) is 6.27. The van der Waals surface area contributed by atoms with Gasteiger partial charge in [0.15, 0.2) is 0 Å². The fourth-order valence-corrected chi connectivity index (χ4v) is 2.14. The maximum Gasteiger partial charge on any atom is 0.311 e. The molecule has 0 bridgehead atoms. The van der Waals surface area contributed by atoms with Crippen molar-refractivity contribution in [3.63, 3.8) is 0 Å². The highest BCUT2D eigenvalue weighted by Gasteiger charge is 2.33. The van der Waals surface area contributed by atoms with Crippen molar-refractivity contribution in [2.45, 2.75) is 52.2 Å². The summed E-state index contributed by atoms with van der Waals surface area (Å²) in [5.41, 5.74) is 0. The molecule has 15 heavy (non-hydrogen) atoms. The largest absolute Gasteiger partial charge is 0.469 e. The van der Waals surface area contributed by atoms with Crippen molar-refractivity contribution < 1.29 is 14.3 Å². The summed E-state index contributed by atoms with van der Waals surface area (Å²) in [5, 5.41) is 0. The van der Waals surface area contributed by atoms with Crippen molar-refractivity contribution in [2.75, 3.05) is 7.11 Å². The topological polar surface area (TPSA) is 35.5 Å². The zero-order valence-corrected chi connectivity index (χ0v) is 10.2. The zero-order valence-electron chi connectivity index (χ0n) is 10.2. The van der Waals surface area contributed by atoms with Gasteiger partial charge < -0.3 is 9.47 Å². The second kappa shape index (κ2) is 5.50. The van der Waals surface area contributed by atoms with E-state index in [1.54, 1.807) is 0 Å². The molecule has 1 unspecified atom stereocenters. The Kier molecular flexibility index (Phi) is 4.58. The lowest BCUT2D eigenvalue weighted by molar-refractivity contribution is -0.149. The van der Waals surface area contributed by atoms with Gasteiger partial charge in [-0.05, 0) is 32.1 Å². The maximum absolute atomic E-state index is 11.3. The normalized spacial score (nSPS) is 28.1. The molecule has 1 aliphatic rings. The Morgan fingerprint density at radius 2 is 2.07 bits per heavy atom. The number of hydrogen-bond acceptors (Lipinski definition) is 3. The molecule has 3 heteroatoms. The Labute approximate surface area is 92.1 Å². The Morgan fingerprint density at radius 1 is 1.40 bits per heavy atom. The van der Waals surface area contributed by atoms with Crippen LogP contribution in [-0.4, -0.2) is 25.3 Å². The van der Waals surface area contributed by atoms with Crippen LogP contribution in [0.15, 0.2) is 0 Å². The monoisotopic (exact) mass is 214 g/mol. The van der Waals surface area contributed by atoms with Crippen LogP contribution in [-0.2, 0) is 14.3 Å². The lowest BCUT2D eigenvalue weighted by atomic mass is 10.0. The van der Waals surface area contributed by atoms with E-state index in [2.05, 4.69) is 13.8 Å². The lowest BCUT2D eigenvalue weighted by Gasteiger charge is -2.19. The quantitative estimate of drug-likeness (QED) is 0.674. The van der Waals surface area contributed by atoms with E-state index in [0.29, 0.717) is 12.0 Å². The average molecular weight is 214 g/mol. The van der Waals surface area contributed by atoms with Gasteiger partial charge in [-0.25, -0.2) is 0 Å². The number of carbonyl (C=O) groups excluding carboxylic acids is 1. The van der Waals surface area contributed by atoms with Crippen LogP contribution in [0.2, 0.25) is 0 Å². The first-order chi connectivity index (χ1) is 7.04. The van der Waals surface area contributed by atoms with Crippen LogP contribution >= 0.6 is 0 Å². The predicted octanol–water partition coefficient (Wildman–Crippen LogP) is 2.39. The van der Waals surface area contributed by atoms with E-state index in [9.17, 15) is 4.79 Å². The Balaban J connectivity index is 2.38. The third-order valence-electron chi connectivity index (χ3n) is 3.01. The Hall–Kier alpha value is -0.570. The number of esters is 1. The van der Waals surface area contributed by atoms with Gasteiger partial charge in [0.25, 0.3) is 0 Å². The summed E-state index contributed by atoms with van der Waals surface area (Å²) in [6, 6.07) is 0. The molecule has 1 aliphatic heterocycles. The van der Waals surface area contributed by atoms with E-state index < -0.39 is 0 Å². The van der Waals surface area contributed by atoms with Gasteiger partial charge >= 0.3 is 5.97 Å². The number of ether oxygens (including phenoxy) is 2. The highest BCUT2D eigenvalue weighted by molar-refractivity contribution is 5.72. The third-order valence-corrected chi connectivity index (χ3v) is 3.01. The fourth-order valence-electron chi connectivity index (χ4n) is 2.14. The van der Waals surface area contributed by atoms with Crippen LogP contribution in [0.4, 0.5) is 0 Å². The summed E-state index contributed by atoms with van der Waals surface area (Å²) < 4.78 is 10.6. The smallest absolute Gasteiger partial charge is 0.311 e. The van der Waals surface area contributed by atoms with Gasteiger partial charge in [-0.1, -0.05) is 13.8 Å². The standard InChI is InChI=1S/C12H22O3/c1-8(2)7-10-5-6-11(15-10)9(3)12(13)14-4/h8-11H,5-7H2,1-4H3/t9-,10?,11-/m1/s1. The van der Waals surface area contributed by atoms with Crippen molar-refractivity contribution >= 4 is 5.97 Å². The third kappa shape index (κ3) is 3.49. The van der Waals surface area contributed by atoms with Gasteiger partial charge in [-0.3, -0.25) is 4.79 Å². The summed E-state index contributed by atoms with van der Waals surface area (Å²) in [7, 11) is 1.43. The van der Waals surface area contributed by atoms with Gasteiger partial charge in [0.1, 0.15) is 0 Å². The molecule has 0 aromatic rings. The fraction of sp³-hybridized carbons (Fsp3) is 0.917. The van der Waals surface area contributed by atoms with Crippen molar-refractivity contribution in [1.29, 1.82) is 0 Å². The number of methoxy groups -OCH3 is 1. The zero-order chi connectivity index (χ0) is 11.4. The molecule has 1 rings (SSSR count). The van der Waals surface area contributed by atoms with E-state index in [1.807, 2.05) is 6.92 Å². The minimum absolute atomic E-state index is 0.0567. The number of rotatable bonds is 4. The van der Waals surface area contributed by atoms with E-state index in [0.717, 1.165) is 19.3 Å². The summed E-state index contributed by atoms with van der Waals surface area (Å²) in [5.74, 6) is 0.361. The molecule has 0 spiro atoms. The number of hydrogen-bond donors (Lipinski definition) is 0. The van der Waals surface area contributed by atoms with E-state index >= 15 is 0 Å². The molecule has 0 amide bonds. The molecule has 3 atom stereocenters. The van der Waals surface area contributed by atoms with Crippen molar-refractivity contribution in [3.05, 3.63) is 0 Å². The van der Waals surface area contributed by atoms with Crippen LogP contribution in [0.3, 0.4) is 0 Å². The van der Waals surface area contributed by atoms with E-state index in [-0.39, 0.29) is 18.0 Å². The first-order valence-electron chi connectivity index (χ1n) is 5.77. The van der Waals surface area contributed by atoms with Crippen molar-refractivity contribution in [3.8, 4) is 0 Å². The van der Waals surface area contributed by atoms with Crippen molar-refractivity contribution in [2.24, 2.45) is 11.8 Å². The molecule has 88 valence electrons. The maximum atomic E-state index is 11.3. The molecular weight excluding hydrogens is 192 g/mol. The molecule has 0 radical (unpaired) electrons. The van der Waals surface area contributed by atoms with Crippen molar-refractivity contribution in [1.82, 2.24) is 0 Å². The summed E-state index contributed by atoms with van der Waals surface area (Å²) >= 11 is 0. The Morgan fingerprint density at radius 3 is 2.60 bits per heavy atom. The molecule has 1 fully saturated rings. The Bertz CT molecular complexity index is 213. The van der Waals surface area contributed by atoms with Crippen LogP contribution in [0.1, 0.15) is 40.0 Å². The van der Waals surface area contributed by atoms with Gasteiger partial charge in [0, 0.05) is 0 Å². The second-order valence-electron chi connectivity index (χ2n) is 4.82. The first kappa shape index (κ1) is 12.5. The molecule has 1 heterocycles. The van der Waals surface area contributed by atoms with E-state index in [4.69, 9.17) is 9.47 Å². The predicted molar refractivity (Wildman–Crippen MR) is 58.5 cm³/mol. The molecule has 0 aliphatic carbocycles. The molecule has 3 nitrogen and oxygen atoms in total. The molecule has 0 aromatic heterocycles. The minimum atomic E-state index is -0.162. The average Bonchev–Trinajstić information content (AvgIpc) is 2.63. The highest BCUT2D eigenvalue weighted by Crippen LogP contribution is 2.29. The minimum Gasteiger partial charge on any atom is -0.469 e. The first-order valence-corrected chi connectivity index (χ1v) is 5.77. The van der Waals surface area contributed by atoms with Gasteiger partial charge in [0.05, 0.1) is 25.2 Å². The summed E-state index contributed by atoms with van der Waals surface area (Å²) in [4.78, 5) is 11.3. The van der Waals surface area contributed by atoms with E-state index in [1.165, 1.54) is 7.11 Å². The molecule has 0 saturated carbocycles. The van der Waals surface area contributed by atoms with Crippen LogP contribution in [0, 0.1) is 11.8 Å². The molecule has 0 N–H and O–H groups in total. The highest BCUT2D eigenvalue weighted by atomic mass is 16.5. The molecule has 1 saturated heterocycles. The SMILES string of the molecule is COC(=O)[C@H](C)[C@H]1CCC(CC(C)C)O1. The van der Waals surface area contributed by atoms with Gasteiger partial charge in [-0.15, -0.1) is 0 Å². The summed E-state index contributed by atoms with van der Waals surface area (Å²) in [6.07, 6.45) is 3.53. The van der Waals surface area contributed by atoms with Crippen LogP contribution < -0.4 is 0 Å². The number of carbonyl (C=O) groups is 1. The van der Waals surface area contributed by atoms with Crippen LogP contribution in [0.25, 0.3) is 0 Å². The second-order valence-corrected chi connectivity index (χ2v) is 4.82.